The van der Waals surface area contributed by atoms with Crippen molar-refractivity contribution in [1.29, 1.82) is 0 Å². The average molecular weight is 538 g/mol. The second-order valence-electron chi connectivity index (χ2n) is 8.83. The van der Waals surface area contributed by atoms with Gasteiger partial charge in [-0.2, -0.15) is 0 Å². The van der Waals surface area contributed by atoms with Crippen LogP contribution < -0.4 is 10.1 Å². The summed E-state index contributed by atoms with van der Waals surface area (Å²) in [6, 6.07) is 12.7. The number of amides is 2. The Morgan fingerprint density at radius 2 is 1.74 bits per heavy atom. The molecule has 3 rings (SSSR count). The lowest BCUT2D eigenvalue weighted by atomic mass is 9.95. The highest BCUT2D eigenvalue weighted by atomic mass is 35.5. The van der Waals surface area contributed by atoms with Crippen molar-refractivity contribution in [1.82, 2.24) is 10.2 Å². The van der Waals surface area contributed by atoms with Gasteiger partial charge in [-0.15, -0.1) is 11.8 Å². The number of ether oxygens (including phenoxy) is 1. The van der Waals surface area contributed by atoms with E-state index in [9.17, 15) is 9.59 Å². The van der Waals surface area contributed by atoms with Crippen molar-refractivity contribution in [2.75, 3.05) is 12.9 Å². The third-order valence-electron chi connectivity index (χ3n) is 6.38. The molecule has 0 heterocycles. The van der Waals surface area contributed by atoms with Crippen LogP contribution in [-0.2, 0) is 21.9 Å². The summed E-state index contributed by atoms with van der Waals surface area (Å²) in [6.45, 7) is 2.13. The van der Waals surface area contributed by atoms with E-state index < -0.39 is 6.04 Å². The van der Waals surface area contributed by atoms with Crippen LogP contribution in [0.4, 0.5) is 0 Å². The van der Waals surface area contributed by atoms with E-state index in [0.29, 0.717) is 27.8 Å². The predicted octanol–water partition coefficient (Wildman–Crippen LogP) is 6.49. The molecule has 0 aromatic heterocycles. The molecule has 5 nitrogen and oxygen atoms in total. The van der Waals surface area contributed by atoms with Crippen molar-refractivity contribution in [3.8, 4) is 5.75 Å². The van der Waals surface area contributed by atoms with Crippen LogP contribution in [0.15, 0.2) is 42.5 Å². The van der Waals surface area contributed by atoms with Gasteiger partial charge >= 0.3 is 0 Å². The second-order valence-corrected chi connectivity index (χ2v) is 10.6. The van der Waals surface area contributed by atoms with Gasteiger partial charge in [0.05, 0.1) is 12.9 Å². The lowest BCUT2D eigenvalue weighted by Crippen LogP contribution is -2.52. The molecule has 1 aliphatic rings. The van der Waals surface area contributed by atoms with Crippen LogP contribution in [0.1, 0.15) is 56.6 Å². The van der Waals surface area contributed by atoms with E-state index in [1.807, 2.05) is 31.2 Å². The molecule has 1 fully saturated rings. The molecule has 35 heavy (non-hydrogen) atoms. The van der Waals surface area contributed by atoms with E-state index in [1.54, 1.807) is 30.2 Å². The molecule has 190 valence electrons. The lowest BCUT2D eigenvalue weighted by molar-refractivity contribution is -0.139. The fourth-order valence-corrected chi connectivity index (χ4v) is 5.77. The van der Waals surface area contributed by atoms with Crippen molar-refractivity contribution in [3.63, 3.8) is 0 Å². The lowest BCUT2D eigenvalue weighted by Gasteiger charge is -2.33. The third-order valence-corrected chi connectivity index (χ3v) is 8.08. The topological polar surface area (TPSA) is 58.6 Å². The number of methoxy groups -OCH3 is 1. The first-order valence-electron chi connectivity index (χ1n) is 12.2. The van der Waals surface area contributed by atoms with Crippen molar-refractivity contribution in [3.05, 3.63) is 63.6 Å². The smallest absolute Gasteiger partial charge is 0.243 e. The first kappa shape index (κ1) is 27.7. The molecule has 0 aliphatic heterocycles. The zero-order valence-electron chi connectivity index (χ0n) is 20.4. The van der Waals surface area contributed by atoms with Gasteiger partial charge in [-0.3, -0.25) is 9.59 Å². The average Bonchev–Trinajstić information content (AvgIpc) is 2.86. The molecule has 0 unspecified atom stereocenters. The molecule has 2 aromatic carbocycles. The summed E-state index contributed by atoms with van der Waals surface area (Å²) in [5.74, 6) is 1.52. The highest BCUT2D eigenvalue weighted by Gasteiger charge is 2.31. The quantitative estimate of drug-likeness (QED) is 0.356. The molecule has 1 saturated carbocycles. The third kappa shape index (κ3) is 8.06. The van der Waals surface area contributed by atoms with Crippen LogP contribution in [0.5, 0.6) is 5.75 Å². The molecular weight excluding hydrogens is 503 g/mol. The van der Waals surface area contributed by atoms with Gasteiger partial charge in [0.25, 0.3) is 0 Å². The largest absolute Gasteiger partial charge is 0.497 e. The summed E-state index contributed by atoms with van der Waals surface area (Å²) in [7, 11) is 1.64. The molecule has 0 spiro atoms. The normalized spacial score (nSPS) is 14.9. The van der Waals surface area contributed by atoms with Gasteiger partial charge in [0.2, 0.25) is 11.8 Å². The first-order chi connectivity index (χ1) is 16.9. The highest BCUT2D eigenvalue weighted by Crippen LogP contribution is 2.28. The van der Waals surface area contributed by atoms with E-state index in [2.05, 4.69) is 5.32 Å². The summed E-state index contributed by atoms with van der Waals surface area (Å²) in [4.78, 5) is 28.4. The maximum Gasteiger partial charge on any atom is 0.243 e. The van der Waals surface area contributed by atoms with Gasteiger partial charge in [0, 0.05) is 33.9 Å². The van der Waals surface area contributed by atoms with Gasteiger partial charge in [0.1, 0.15) is 11.8 Å². The number of benzene rings is 2. The van der Waals surface area contributed by atoms with Crippen molar-refractivity contribution in [2.45, 2.75) is 69.8 Å². The van der Waals surface area contributed by atoms with Crippen LogP contribution in [0.3, 0.4) is 0 Å². The molecule has 1 N–H and O–H groups in total. The Bertz CT molecular complexity index is 961. The van der Waals surface area contributed by atoms with Crippen LogP contribution >= 0.6 is 35.0 Å². The Kier molecular flexibility index (Phi) is 11.1. The van der Waals surface area contributed by atoms with E-state index in [0.717, 1.165) is 37.0 Å². The number of carbonyl (C=O) groups is 2. The SMILES string of the molecule is CC[C@@H](C(=O)NC1CCCCC1)N(Cc1c(Cl)cccc1Cl)C(=O)CSCc1ccc(OC)cc1. The second kappa shape index (κ2) is 14.0. The number of nitrogens with one attached hydrogen (secondary N) is 1. The first-order valence-corrected chi connectivity index (χ1v) is 14.1. The van der Waals surface area contributed by atoms with Crippen LogP contribution in [0, 0.1) is 0 Å². The molecule has 1 atom stereocenters. The number of carbonyl (C=O) groups excluding carboxylic acids is 2. The maximum atomic E-state index is 13.5. The Hall–Kier alpha value is -1.89. The van der Waals surface area contributed by atoms with Crippen molar-refractivity contribution in [2.24, 2.45) is 0 Å². The standard InChI is InChI=1S/C27H34Cl2N2O3S/c1-3-25(27(33)30-20-8-5-4-6-9-20)31(16-22-23(28)10-7-11-24(22)29)26(32)18-35-17-19-12-14-21(34-2)15-13-19/h7,10-15,20,25H,3-6,8-9,16-18H2,1-2H3,(H,30,33)/t25-/m0/s1. The van der Waals surface area contributed by atoms with E-state index >= 15 is 0 Å². The predicted molar refractivity (Wildman–Crippen MR) is 145 cm³/mol. The van der Waals surface area contributed by atoms with Crippen LogP contribution in [-0.4, -0.2) is 41.7 Å². The Morgan fingerprint density at radius 1 is 1.09 bits per heavy atom. The summed E-state index contributed by atoms with van der Waals surface area (Å²) in [6.07, 6.45) is 5.96. The summed E-state index contributed by atoms with van der Waals surface area (Å²) in [5, 5.41) is 4.17. The number of hydrogen-bond acceptors (Lipinski definition) is 4. The maximum absolute atomic E-state index is 13.5. The van der Waals surface area contributed by atoms with Crippen molar-refractivity contribution < 1.29 is 14.3 Å². The van der Waals surface area contributed by atoms with Gasteiger partial charge in [-0.05, 0) is 49.1 Å². The number of hydrogen-bond donors (Lipinski definition) is 1. The van der Waals surface area contributed by atoms with Crippen LogP contribution in [0.2, 0.25) is 10.0 Å². The fourth-order valence-electron chi connectivity index (χ4n) is 4.38. The molecule has 2 aromatic rings. The van der Waals surface area contributed by atoms with Gasteiger partial charge in [-0.25, -0.2) is 0 Å². The fraction of sp³-hybridized carbons (Fsp3) is 0.481. The molecule has 2 amide bonds. The summed E-state index contributed by atoms with van der Waals surface area (Å²) in [5.41, 5.74) is 1.76. The molecule has 8 heteroatoms. The molecule has 1 aliphatic carbocycles. The van der Waals surface area contributed by atoms with Gasteiger partial charge < -0.3 is 15.0 Å². The Morgan fingerprint density at radius 3 is 2.34 bits per heavy atom. The van der Waals surface area contributed by atoms with E-state index in [1.165, 1.54) is 18.2 Å². The van der Waals surface area contributed by atoms with Gasteiger partial charge in [-0.1, -0.05) is 67.6 Å². The Labute approximate surface area is 222 Å². The minimum atomic E-state index is -0.585. The number of rotatable bonds is 11. The monoisotopic (exact) mass is 536 g/mol. The minimum absolute atomic E-state index is 0.101. The molecular formula is C27H34Cl2N2O3S. The molecule has 0 saturated heterocycles. The van der Waals surface area contributed by atoms with Crippen LogP contribution in [0.25, 0.3) is 0 Å². The number of thioether (sulfide) groups is 1. The highest BCUT2D eigenvalue weighted by molar-refractivity contribution is 7.99. The van der Waals surface area contributed by atoms with Crippen molar-refractivity contribution >= 4 is 46.8 Å². The summed E-state index contributed by atoms with van der Waals surface area (Å²) >= 11 is 14.4. The van der Waals surface area contributed by atoms with E-state index in [-0.39, 0.29) is 30.2 Å². The number of nitrogens with zero attached hydrogens (tertiary/aromatic N) is 1. The summed E-state index contributed by atoms with van der Waals surface area (Å²) < 4.78 is 5.21. The zero-order valence-corrected chi connectivity index (χ0v) is 22.7. The zero-order chi connectivity index (χ0) is 25.2. The Balaban J connectivity index is 1.73. The molecule has 0 radical (unpaired) electrons. The van der Waals surface area contributed by atoms with E-state index in [4.69, 9.17) is 27.9 Å². The molecule has 0 bridgehead atoms. The van der Waals surface area contributed by atoms with Gasteiger partial charge in [0.15, 0.2) is 0 Å². The minimum Gasteiger partial charge on any atom is -0.497 e. The number of halogens is 2.